The van der Waals surface area contributed by atoms with Crippen LogP contribution in [0.3, 0.4) is 0 Å². The first-order chi connectivity index (χ1) is 8.54. The lowest BCUT2D eigenvalue weighted by atomic mass is 10.3. The summed E-state index contributed by atoms with van der Waals surface area (Å²) in [6.07, 6.45) is 1.10. The van der Waals surface area contributed by atoms with E-state index in [1.807, 2.05) is 0 Å². The van der Waals surface area contributed by atoms with Gasteiger partial charge in [0.05, 0.1) is 13.2 Å². The van der Waals surface area contributed by atoms with E-state index < -0.39 is 16.6 Å². The highest BCUT2D eigenvalue weighted by Crippen LogP contribution is 2.15. The zero-order chi connectivity index (χ0) is 13.2. The molecule has 0 spiro atoms. The van der Waals surface area contributed by atoms with Gasteiger partial charge in [0.2, 0.25) is 6.39 Å². The minimum Gasteiger partial charge on any atom is -0.392 e. The molecule has 2 rings (SSSR count). The van der Waals surface area contributed by atoms with Crippen molar-refractivity contribution >= 4 is 10.0 Å². The van der Waals surface area contributed by atoms with Gasteiger partial charge in [-0.15, -0.1) is 0 Å². The minimum atomic E-state index is -3.83. The van der Waals surface area contributed by atoms with Crippen LogP contribution in [0.4, 0.5) is 0 Å². The number of aliphatic hydroxyl groups is 1. The second-order valence-corrected chi connectivity index (χ2v) is 5.14. The van der Waals surface area contributed by atoms with E-state index in [1.165, 1.54) is 0 Å². The number of nitrogens with one attached hydrogen (secondary N) is 2. The van der Waals surface area contributed by atoms with Gasteiger partial charge in [-0.3, -0.25) is 5.10 Å². The molecule has 0 atom stereocenters. The van der Waals surface area contributed by atoms with Crippen LogP contribution >= 0.6 is 0 Å². The lowest BCUT2D eigenvalue weighted by Gasteiger charge is -2.03. The van der Waals surface area contributed by atoms with Crippen LogP contribution in [0.2, 0.25) is 0 Å². The van der Waals surface area contributed by atoms with Crippen LogP contribution in [-0.2, 0) is 23.2 Å². The molecule has 0 saturated carbocycles. The van der Waals surface area contributed by atoms with Gasteiger partial charge < -0.3 is 9.63 Å². The van der Waals surface area contributed by atoms with Gasteiger partial charge in [-0.1, -0.05) is 5.16 Å². The van der Waals surface area contributed by atoms with Crippen LogP contribution < -0.4 is 4.72 Å². The van der Waals surface area contributed by atoms with E-state index in [-0.39, 0.29) is 23.0 Å². The molecule has 0 bridgehead atoms. The zero-order valence-electron chi connectivity index (χ0n) is 9.41. The molecule has 9 nitrogen and oxygen atoms in total. The fraction of sp³-hybridized carbons (Fsp3) is 0.375. The first-order valence-corrected chi connectivity index (χ1v) is 6.42. The van der Waals surface area contributed by atoms with Crippen LogP contribution in [0.1, 0.15) is 17.1 Å². The molecule has 0 saturated heterocycles. The third-order valence-electron chi connectivity index (χ3n) is 2.28. The van der Waals surface area contributed by atoms with Crippen molar-refractivity contribution in [3.63, 3.8) is 0 Å². The van der Waals surface area contributed by atoms with Gasteiger partial charge >= 0.3 is 0 Å². The van der Waals surface area contributed by atoms with Gasteiger partial charge in [-0.2, -0.15) is 10.1 Å². The number of hydrogen-bond donors (Lipinski definition) is 3. The highest BCUT2D eigenvalue weighted by atomic mass is 32.2. The Kier molecular flexibility index (Phi) is 3.41. The Hall–Kier alpha value is -1.78. The number of aliphatic hydroxyl groups excluding tert-OH is 1. The van der Waals surface area contributed by atoms with Gasteiger partial charge in [-0.25, -0.2) is 13.1 Å². The molecular formula is C8H11N5O4S. The maximum Gasteiger partial charge on any atom is 0.260 e. The van der Waals surface area contributed by atoms with Gasteiger partial charge in [0, 0.05) is 11.3 Å². The standard InChI is InChI=1S/C8H11N5O4S/c1-5-6(3-14)8(12-11-5)18(15,16)10-2-7-9-4-17-13-7/h4,10,14H,2-3H2,1H3,(H,11,12). The van der Waals surface area contributed by atoms with Gasteiger partial charge in [0.1, 0.15) is 0 Å². The van der Waals surface area contributed by atoms with Crippen molar-refractivity contribution in [2.45, 2.75) is 25.1 Å². The Balaban J connectivity index is 2.20. The number of rotatable bonds is 5. The summed E-state index contributed by atoms with van der Waals surface area (Å²) in [6.45, 7) is 1.09. The number of nitrogens with zero attached hydrogens (tertiary/aromatic N) is 3. The van der Waals surface area contributed by atoms with E-state index in [9.17, 15) is 8.42 Å². The largest absolute Gasteiger partial charge is 0.392 e. The molecule has 2 aromatic heterocycles. The van der Waals surface area contributed by atoms with Crippen LogP contribution in [-0.4, -0.2) is 33.9 Å². The van der Waals surface area contributed by atoms with Crippen molar-refractivity contribution in [3.8, 4) is 0 Å². The van der Waals surface area contributed by atoms with Gasteiger partial charge in [-0.05, 0) is 6.92 Å². The number of aromatic amines is 1. The van der Waals surface area contributed by atoms with E-state index >= 15 is 0 Å². The van der Waals surface area contributed by atoms with Crippen molar-refractivity contribution in [2.75, 3.05) is 0 Å². The fourth-order valence-electron chi connectivity index (χ4n) is 1.34. The zero-order valence-corrected chi connectivity index (χ0v) is 10.2. The molecule has 0 aromatic carbocycles. The lowest BCUT2D eigenvalue weighted by molar-refractivity contribution is 0.277. The molecular weight excluding hydrogens is 262 g/mol. The summed E-state index contributed by atoms with van der Waals surface area (Å²) in [6, 6.07) is 0. The third kappa shape index (κ3) is 2.39. The fourth-order valence-corrected chi connectivity index (χ4v) is 2.50. The summed E-state index contributed by atoms with van der Waals surface area (Å²) in [7, 11) is -3.83. The number of H-pyrrole nitrogens is 1. The van der Waals surface area contributed by atoms with Gasteiger partial charge in [0.25, 0.3) is 10.0 Å². The maximum atomic E-state index is 11.9. The smallest absolute Gasteiger partial charge is 0.260 e. The summed E-state index contributed by atoms with van der Waals surface area (Å²) in [5.41, 5.74) is 0.730. The average Bonchev–Trinajstić information content (AvgIpc) is 2.95. The van der Waals surface area contributed by atoms with Crippen molar-refractivity contribution < 1.29 is 18.0 Å². The highest BCUT2D eigenvalue weighted by Gasteiger charge is 2.23. The molecule has 0 aliphatic rings. The molecule has 0 amide bonds. The van der Waals surface area contributed by atoms with Crippen molar-refractivity contribution in [3.05, 3.63) is 23.5 Å². The molecule has 0 aliphatic heterocycles. The Morgan fingerprint density at radius 3 is 2.94 bits per heavy atom. The summed E-state index contributed by atoms with van der Waals surface area (Å²) < 4.78 is 30.6. The van der Waals surface area contributed by atoms with E-state index in [0.717, 1.165) is 6.39 Å². The Bertz CT molecular complexity index is 618. The number of aromatic nitrogens is 4. The molecule has 10 heteroatoms. The molecule has 18 heavy (non-hydrogen) atoms. The number of aryl methyl sites for hydroxylation is 1. The molecule has 98 valence electrons. The van der Waals surface area contributed by atoms with E-state index in [1.54, 1.807) is 6.92 Å². The summed E-state index contributed by atoms with van der Waals surface area (Å²) in [5, 5.41) is 18.5. The average molecular weight is 273 g/mol. The molecule has 0 aliphatic carbocycles. The van der Waals surface area contributed by atoms with Crippen LogP contribution in [0, 0.1) is 6.92 Å². The van der Waals surface area contributed by atoms with E-state index in [4.69, 9.17) is 5.11 Å². The van der Waals surface area contributed by atoms with Crippen molar-refractivity contribution in [1.29, 1.82) is 0 Å². The first kappa shape index (κ1) is 12.7. The number of hydrogen-bond acceptors (Lipinski definition) is 7. The van der Waals surface area contributed by atoms with Crippen LogP contribution in [0.25, 0.3) is 0 Å². The molecule has 3 N–H and O–H groups in total. The third-order valence-corrected chi connectivity index (χ3v) is 3.65. The topological polar surface area (TPSA) is 134 Å². The monoisotopic (exact) mass is 273 g/mol. The van der Waals surface area contributed by atoms with Gasteiger partial charge in [0.15, 0.2) is 10.9 Å². The van der Waals surface area contributed by atoms with Crippen LogP contribution in [0.5, 0.6) is 0 Å². The van der Waals surface area contributed by atoms with Crippen molar-refractivity contribution in [1.82, 2.24) is 25.1 Å². The van der Waals surface area contributed by atoms with E-state index in [2.05, 4.69) is 29.6 Å². The maximum absolute atomic E-state index is 11.9. The van der Waals surface area contributed by atoms with E-state index in [0.29, 0.717) is 5.69 Å². The Morgan fingerprint density at radius 1 is 1.56 bits per heavy atom. The second kappa shape index (κ2) is 4.84. The predicted molar refractivity (Wildman–Crippen MR) is 57.6 cm³/mol. The lowest BCUT2D eigenvalue weighted by Crippen LogP contribution is -2.25. The summed E-state index contributed by atoms with van der Waals surface area (Å²) >= 11 is 0. The summed E-state index contributed by atoms with van der Waals surface area (Å²) in [5.74, 6) is 0.205. The second-order valence-electron chi connectivity index (χ2n) is 3.46. The van der Waals surface area contributed by atoms with Crippen LogP contribution in [0.15, 0.2) is 15.9 Å². The molecule has 0 fully saturated rings. The summed E-state index contributed by atoms with van der Waals surface area (Å²) in [4.78, 5) is 3.68. The quantitative estimate of drug-likeness (QED) is 0.640. The Labute approximate surface area is 102 Å². The normalized spacial score (nSPS) is 11.9. The molecule has 2 heterocycles. The highest BCUT2D eigenvalue weighted by molar-refractivity contribution is 7.89. The SMILES string of the molecule is Cc1[nH]nc(S(=O)(=O)NCc2ncon2)c1CO. The minimum absolute atomic E-state index is 0.115. The molecule has 0 unspecified atom stereocenters. The van der Waals surface area contributed by atoms with Crippen molar-refractivity contribution in [2.24, 2.45) is 0 Å². The Morgan fingerprint density at radius 2 is 2.33 bits per heavy atom. The molecule has 0 radical (unpaired) electrons. The number of sulfonamides is 1. The molecule has 2 aromatic rings. The first-order valence-electron chi connectivity index (χ1n) is 4.94. The predicted octanol–water partition coefficient (Wildman–Crippen LogP) is -0.928.